The predicted molar refractivity (Wildman–Crippen MR) is 79.8 cm³/mol. The minimum absolute atomic E-state index is 0.0347. The van der Waals surface area contributed by atoms with Crippen molar-refractivity contribution in [1.82, 2.24) is 4.57 Å². The van der Waals surface area contributed by atoms with E-state index in [0.29, 0.717) is 5.75 Å². The van der Waals surface area contributed by atoms with Crippen LogP contribution in [0.15, 0.2) is 35.3 Å². The molecular formula is C16H15NO5. The molecule has 0 unspecified atom stereocenters. The predicted octanol–water partition coefficient (Wildman–Crippen LogP) is 1.53. The van der Waals surface area contributed by atoms with Gasteiger partial charge in [0, 0.05) is 18.8 Å². The molecule has 0 radical (unpaired) electrons. The van der Waals surface area contributed by atoms with Crippen molar-refractivity contribution in [1.29, 1.82) is 0 Å². The Hall–Kier alpha value is -2.89. The molecule has 2 aromatic rings. The molecule has 0 fully saturated rings. The maximum atomic E-state index is 12.5. The highest BCUT2D eigenvalue weighted by atomic mass is 16.5. The zero-order chi connectivity index (χ0) is 16.4. The van der Waals surface area contributed by atoms with E-state index >= 15 is 0 Å². The summed E-state index contributed by atoms with van der Waals surface area (Å²) in [5, 5.41) is 9.85. The number of phenolic OH excluding ortho intramolecular Hbond substituents is 1. The first-order valence-electron chi connectivity index (χ1n) is 6.48. The number of pyridine rings is 1. The Morgan fingerprint density at radius 2 is 1.86 bits per heavy atom. The molecule has 0 aliphatic carbocycles. The summed E-state index contributed by atoms with van der Waals surface area (Å²) < 4.78 is 6.20. The first-order chi connectivity index (χ1) is 10.3. The number of carbonyl (C=O) groups is 2. The molecule has 2 rings (SSSR count). The lowest BCUT2D eigenvalue weighted by molar-refractivity contribution is 0.101. The molecule has 1 heterocycles. The van der Waals surface area contributed by atoms with Gasteiger partial charge in [0.05, 0.1) is 18.2 Å². The van der Waals surface area contributed by atoms with Crippen molar-refractivity contribution in [2.24, 2.45) is 7.05 Å². The largest absolute Gasteiger partial charge is 0.507 e. The number of methoxy groups -OCH3 is 1. The smallest absolute Gasteiger partial charge is 0.261 e. The number of aromatic hydroxyl groups is 1. The van der Waals surface area contributed by atoms with Crippen LogP contribution >= 0.6 is 0 Å². The van der Waals surface area contributed by atoms with Gasteiger partial charge in [-0.05, 0) is 31.2 Å². The molecule has 0 amide bonds. The molecule has 0 saturated carbocycles. The fourth-order valence-electron chi connectivity index (χ4n) is 2.07. The quantitative estimate of drug-likeness (QED) is 0.866. The van der Waals surface area contributed by atoms with Crippen LogP contribution in [0.1, 0.15) is 33.2 Å². The number of rotatable bonds is 4. The topological polar surface area (TPSA) is 85.6 Å². The zero-order valence-electron chi connectivity index (χ0n) is 12.4. The van der Waals surface area contributed by atoms with E-state index in [4.69, 9.17) is 4.74 Å². The van der Waals surface area contributed by atoms with Gasteiger partial charge in [-0.15, -0.1) is 0 Å². The van der Waals surface area contributed by atoms with Crippen LogP contribution < -0.4 is 10.3 Å². The Morgan fingerprint density at radius 1 is 1.18 bits per heavy atom. The first-order valence-corrected chi connectivity index (χ1v) is 6.48. The van der Waals surface area contributed by atoms with Crippen LogP contribution in [0, 0.1) is 0 Å². The van der Waals surface area contributed by atoms with Crippen LogP contribution in [0.25, 0.3) is 0 Å². The van der Waals surface area contributed by atoms with E-state index in [2.05, 4.69) is 0 Å². The van der Waals surface area contributed by atoms with E-state index < -0.39 is 17.1 Å². The second-order valence-electron chi connectivity index (χ2n) is 4.83. The molecule has 0 bridgehead atoms. The molecule has 1 aromatic heterocycles. The van der Waals surface area contributed by atoms with Crippen molar-refractivity contribution >= 4 is 11.6 Å². The molecule has 1 N–H and O–H groups in total. The van der Waals surface area contributed by atoms with Gasteiger partial charge in [0.25, 0.3) is 5.56 Å². The monoisotopic (exact) mass is 301 g/mol. The highest BCUT2D eigenvalue weighted by molar-refractivity contribution is 6.11. The van der Waals surface area contributed by atoms with E-state index in [1.807, 2.05) is 0 Å². The number of nitrogens with zero attached hydrogens (tertiary/aromatic N) is 1. The maximum Gasteiger partial charge on any atom is 0.261 e. The van der Waals surface area contributed by atoms with E-state index in [1.54, 1.807) is 0 Å². The molecule has 0 aliphatic heterocycles. The number of carbonyl (C=O) groups excluding carboxylic acids is 2. The minimum Gasteiger partial charge on any atom is -0.507 e. The summed E-state index contributed by atoms with van der Waals surface area (Å²) in [6, 6.07) is 5.51. The van der Waals surface area contributed by atoms with Crippen LogP contribution in [0.3, 0.4) is 0 Å². The number of ketones is 2. The summed E-state index contributed by atoms with van der Waals surface area (Å²) in [7, 11) is 2.90. The fourth-order valence-corrected chi connectivity index (χ4v) is 2.07. The van der Waals surface area contributed by atoms with Gasteiger partial charge in [-0.2, -0.15) is 0 Å². The molecule has 1 aromatic carbocycles. The zero-order valence-corrected chi connectivity index (χ0v) is 12.4. The summed E-state index contributed by atoms with van der Waals surface area (Å²) in [6.07, 6.45) is 1.33. The Morgan fingerprint density at radius 3 is 2.45 bits per heavy atom. The lowest BCUT2D eigenvalue weighted by Gasteiger charge is -2.09. The Kier molecular flexibility index (Phi) is 4.12. The van der Waals surface area contributed by atoms with Gasteiger partial charge < -0.3 is 14.4 Å². The summed E-state index contributed by atoms with van der Waals surface area (Å²) in [4.78, 5) is 35.9. The van der Waals surface area contributed by atoms with E-state index in [9.17, 15) is 19.5 Å². The van der Waals surface area contributed by atoms with Crippen LogP contribution in [-0.2, 0) is 7.05 Å². The minimum atomic E-state index is -0.505. The van der Waals surface area contributed by atoms with Gasteiger partial charge in [-0.3, -0.25) is 14.4 Å². The van der Waals surface area contributed by atoms with Gasteiger partial charge >= 0.3 is 0 Å². The fraction of sp³-hybridized carbons (Fsp3) is 0.188. The average Bonchev–Trinajstić information content (AvgIpc) is 2.49. The molecule has 114 valence electrons. The summed E-state index contributed by atoms with van der Waals surface area (Å²) in [5.74, 6) is -0.721. The highest BCUT2D eigenvalue weighted by Crippen LogP contribution is 2.25. The van der Waals surface area contributed by atoms with Crippen molar-refractivity contribution in [3.05, 3.63) is 57.5 Å². The van der Waals surface area contributed by atoms with E-state index in [-0.39, 0.29) is 22.4 Å². The lowest BCUT2D eigenvalue weighted by atomic mass is 10.0. The third-order valence-corrected chi connectivity index (χ3v) is 3.27. The molecule has 6 nitrogen and oxygen atoms in total. The number of phenols is 1. The van der Waals surface area contributed by atoms with Gasteiger partial charge in [0.15, 0.2) is 11.6 Å². The average molecular weight is 301 g/mol. The number of Topliss-reactive ketones (excluding diaryl/α,β-unsaturated/α-hetero) is 1. The Bertz CT molecular complexity index is 820. The van der Waals surface area contributed by atoms with Crippen molar-refractivity contribution < 1.29 is 19.4 Å². The van der Waals surface area contributed by atoms with Gasteiger partial charge in [-0.25, -0.2) is 0 Å². The normalized spacial score (nSPS) is 10.3. The number of aryl methyl sites for hydroxylation is 1. The van der Waals surface area contributed by atoms with Crippen molar-refractivity contribution in [2.75, 3.05) is 7.11 Å². The molecular weight excluding hydrogens is 286 g/mol. The van der Waals surface area contributed by atoms with Crippen molar-refractivity contribution in [3.63, 3.8) is 0 Å². The number of benzene rings is 1. The SMILES string of the molecule is COc1ccc(O)c(C(=O)c2cc(C(C)=O)c(=O)n(C)c2)c1. The van der Waals surface area contributed by atoms with Crippen LogP contribution in [0.2, 0.25) is 0 Å². The van der Waals surface area contributed by atoms with Crippen molar-refractivity contribution in [3.8, 4) is 11.5 Å². The summed E-state index contributed by atoms with van der Waals surface area (Å²) in [5.41, 5.74) is -0.377. The van der Waals surface area contributed by atoms with E-state index in [1.165, 1.54) is 56.1 Å². The van der Waals surface area contributed by atoms with Crippen LogP contribution in [0.4, 0.5) is 0 Å². The Labute approximate surface area is 126 Å². The Balaban J connectivity index is 2.60. The molecule has 0 saturated heterocycles. The number of hydrogen-bond acceptors (Lipinski definition) is 5. The summed E-state index contributed by atoms with van der Waals surface area (Å²) >= 11 is 0. The first kappa shape index (κ1) is 15.5. The van der Waals surface area contributed by atoms with E-state index in [0.717, 1.165) is 0 Å². The van der Waals surface area contributed by atoms with Crippen molar-refractivity contribution in [2.45, 2.75) is 6.92 Å². The molecule has 22 heavy (non-hydrogen) atoms. The standard InChI is InChI=1S/C16H15NO5/c1-9(18)12-6-10(8-17(2)16(12)21)15(20)13-7-11(22-3)4-5-14(13)19/h4-8,19H,1-3H3. The highest BCUT2D eigenvalue weighted by Gasteiger charge is 2.18. The second kappa shape index (κ2) is 5.85. The third-order valence-electron chi connectivity index (χ3n) is 3.27. The molecule has 0 atom stereocenters. The number of aromatic nitrogens is 1. The van der Waals surface area contributed by atoms with Crippen LogP contribution in [-0.4, -0.2) is 28.3 Å². The second-order valence-corrected chi connectivity index (χ2v) is 4.83. The maximum absolute atomic E-state index is 12.5. The molecule has 6 heteroatoms. The van der Waals surface area contributed by atoms with Gasteiger partial charge in [-0.1, -0.05) is 0 Å². The molecule has 0 aliphatic rings. The number of hydrogen-bond donors (Lipinski definition) is 1. The van der Waals surface area contributed by atoms with Gasteiger partial charge in [0.2, 0.25) is 0 Å². The molecule has 0 spiro atoms. The lowest BCUT2D eigenvalue weighted by Crippen LogP contribution is -2.24. The van der Waals surface area contributed by atoms with Gasteiger partial charge in [0.1, 0.15) is 11.5 Å². The number of ether oxygens (including phenoxy) is 1. The summed E-state index contributed by atoms with van der Waals surface area (Å²) in [6.45, 7) is 1.26. The van der Waals surface area contributed by atoms with Crippen LogP contribution in [0.5, 0.6) is 11.5 Å². The third kappa shape index (κ3) is 2.76.